The maximum Gasteiger partial charge on any atom is 0.322 e. The molecule has 15 heavy (non-hydrogen) atoms. The third-order valence-corrected chi connectivity index (χ3v) is 2.15. The summed E-state index contributed by atoms with van der Waals surface area (Å²) < 4.78 is 50.2. The lowest BCUT2D eigenvalue weighted by molar-refractivity contribution is -0.134. The summed E-state index contributed by atoms with van der Waals surface area (Å²) in [6.45, 7) is -0.183. The molecule has 0 bridgehead atoms. The molecule has 0 aromatic heterocycles. The minimum atomic E-state index is -3.80. The van der Waals surface area contributed by atoms with E-state index in [1.165, 1.54) is 0 Å². The third kappa shape index (κ3) is 11.3. The van der Waals surface area contributed by atoms with Gasteiger partial charge in [-0.05, 0) is 6.42 Å². The highest BCUT2D eigenvalue weighted by atomic mass is 32.2. The fourth-order valence-corrected chi connectivity index (χ4v) is 1.48. The SMILES string of the molecule is CS(=O)(=O)OCCCC(=O)OS(C)(=O)=O. The Hall–Kier alpha value is -0.670. The number of hydrogen-bond donors (Lipinski definition) is 0. The van der Waals surface area contributed by atoms with E-state index in [1.807, 2.05) is 0 Å². The summed E-state index contributed by atoms with van der Waals surface area (Å²) in [4.78, 5) is 10.8. The van der Waals surface area contributed by atoms with Crippen LogP contribution < -0.4 is 0 Å². The van der Waals surface area contributed by atoms with Crippen molar-refractivity contribution in [2.24, 2.45) is 0 Å². The van der Waals surface area contributed by atoms with Crippen molar-refractivity contribution < 1.29 is 30.0 Å². The lowest BCUT2D eigenvalue weighted by Crippen LogP contribution is -2.12. The van der Waals surface area contributed by atoms with Crippen molar-refractivity contribution in [1.29, 1.82) is 0 Å². The number of carbonyl (C=O) groups is 1. The van der Waals surface area contributed by atoms with E-state index in [0.29, 0.717) is 0 Å². The fourth-order valence-electron chi connectivity index (χ4n) is 0.637. The molecule has 0 unspecified atom stereocenters. The molecule has 0 aliphatic carbocycles. The van der Waals surface area contributed by atoms with Crippen molar-refractivity contribution in [3.8, 4) is 0 Å². The minimum Gasteiger partial charge on any atom is -0.346 e. The molecule has 0 aromatic carbocycles. The highest BCUT2D eigenvalue weighted by Gasteiger charge is 2.11. The number of rotatable bonds is 6. The van der Waals surface area contributed by atoms with Gasteiger partial charge in [0.25, 0.3) is 10.1 Å². The summed E-state index contributed by atoms with van der Waals surface area (Å²) in [5, 5.41) is 0. The molecule has 0 radical (unpaired) electrons. The first kappa shape index (κ1) is 14.3. The fraction of sp³-hybridized carbons (Fsp3) is 0.833. The predicted octanol–water partition coefficient (Wildman–Crippen LogP) is -0.754. The largest absolute Gasteiger partial charge is 0.346 e. The van der Waals surface area contributed by atoms with Gasteiger partial charge in [0.15, 0.2) is 0 Å². The highest BCUT2D eigenvalue weighted by Crippen LogP contribution is 1.98. The summed E-state index contributed by atoms with van der Waals surface area (Å²) in [7, 11) is -7.33. The molecule has 0 saturated carbocycles. The van der Waals surface area contributed by atoms with Gasteiger partial charge >= 0.3 is 16.1 Å². The molecule has 0 fully saturated rings. The van der Waals surface area contributed by atoms with Gasteiger partial charge in [-0.2, -0.15) is 16.8 Å². The van der Waals surface area contributed by atoms with Crippen molar-refractivity contribution in [2.75, 3.05) is 19.1 Å². The zero-order chi connectivity index (χ0) is 12.1. The normalized spacial score (nSPS) is 12.4. The van der Waals surface area contributed by atoms with E-state index >= 15 is 0 Å². The first-order valence-electron chi connectivity index (χ1n) is 3.87. The van der Waals surface area contributed by atoms with Crippen molar-refractivity contribution >= 4 is 26.2 Å². The van der Waals surface area contributed by atoms with Gasteiger partial charge in [0.1, 0.15) is 0 Å². The Morgan fingerprint density at radius 3 is 2.00 bits per heavy atom. The van der Waals surface area contributed by atoms with Gasteiger partial charge in [-0.1, -0.05) is 0 Å². The summed E-state index contributed by atoms with van der Waals surface area (Å²) in [5.74, 6) is -0.936. The Morgan fingerprint density at radius 2 is 1.60 bits per heavy atom. The molecule has 0 rings (SSSR count). The van der Waals surface area contributed by atoms with Crippen LogP contribution in [-0.4, -0.2) is 41.9 Å². The van der Waals surface area contributed by atoms with Crippen LogP contribution in [0.15, 0.2) is 0 Å². The summed E-state index contributed by atoms with van der Waals surface area (Å²) >= 11 is 0. The van der Waals surface area contributed by atoms with Crippen LogP contribution in [0.5, 0.6) is 0 Å². The Bertz CT molecular complexity index is 405. The Balaban J connectivity index is 3.75. The van der Waals surface area contributed by atoms with Gasteiger partial charge in [0, 0.05) is 6.42 Å². The summed E-state index contributed by atoms with van der Waals surface area (Å²) in [6, 6.07) is 0. The molecular formula is C6H12O7S2. The van der Waals surface area contributed by atoms with Gasteiger partial charge in [0.05, 0.1) is 19.1 Å². The second-order valence-electron chi connectivity index (χ2n) is 2.79. The number of hydrogen-bond acceptors (Lipinski definition) is 7. The van der Waals surface area contributed by atoms with E-state index in [-0.39, 0.29) is 19.4 Å². The average molecular weight is 260 g/mol. The summed E-state index contributed by atoms with van der Waals surface area (Å²) in [6.07, 6.45) is 1.48. The Kier molecular flexibility index (Phi) is 5.18. The third-order valence-electron chi connectivity index (χ3n) is 1.07. The highest BCUT2D eigenvalue weighted by molar-refractivity contribution is 7.86. The maximum atomic E-state index is 10.8. The monoisotopic (exact) mass is 260 g/mol. The molecule has 7 nitrogen and oxygen atoms in total. The lowest BCUT2D eigenvalue weighted by Gasteiger charge is -2.01. The zero-order valence-electron chi connectivity index (χ0n) is 8.30. The van der Waals surface area contributed by atoms with Crippen molar-refractivity contribution in [3.63, 3.8) is 0 Å². The molecule has 0 atom stereocenters. The van der Waals surface area contributed by atoms with Crippen molar-refractivity contribution in [2.45, 2.75) is 12.8 Å². The Morgan fingerprint density at radius 1 is 1.07 bits per heavy atom. The molecule has 0 N–H and O–H groups in total. The van der Waals surface area contributed by atoms with Crippen LogP contribution in [0.1, 0.15) is 12.8 Å². The van der Waals surface area contributed by atoms with Crippen LogP contribution in [-0.2, 0) is 33.4 Å². The quantitative estimate of drug-likeness (QED) is 0.457. The van der Waals surface area contributed by atoms with Crippen LogP contribution in [0.3, 0.4) is 0 Å². The van der Waals surface area contributed by atoms with E-state index in [1.54, 1.807) is 0 Å². The first-order chi connectivity index (χ1) is 6.60. The smallest absolute Gasteiger partial charge is 0.322 e. The van der Waals surface area contributed by atoms with Gasteiger partial charge in [-0.3, -0.25) is 8.98 Å². The molecule has 90 valence electrons. The lowest BCUT2D eigenvalue weighted by atomic mass is 10.3. The number of carbonyl (C=O) groups excluding carboxylic acids is 1. The molecule has 0 aliphatic heterocycles. The molecule has 0 amide bonds. The molecule has 0 spiro atoms. The molecule has 0 aliphatic rings. The van der Waals surface area contributed by atoms with Gasteiger partial charge in [0.2, 0.25) is 0 Å². The molecule has 9 heteroatoms. The average Bonchev–Trinajstić information content (AvgIpc) is 1.92. The topological polar surface area (TPSA) is 104 Å². The van der Waals surface area contributed by atoms with Gasteiger partial charge in [-0.25, -0.2) is 0 Å². The van der Waals surface area contributed by atoms with Gasteiger partial charge in [-0.15, -0.1) is 0 Å². The summed E-state index contributed by atoms with van der Waals surface area (Å²) in [5.41, 5.74) is 0. The molecule has 0 saturated heterocycles. The van der Waals surface area contributed by atoms with Crippen LogP contribution in [0, 0.1) is 0 Å². The van der Waals surface area contributed by atoms with E-state index in [4.69, 9.17) is 0 Å². The van der Waals surface area contributed by atoms with Crippen LogP contribution in [0.2, 0.25) is 0 Å². The zero-order valence-corrected chi connectivity index (χ0v) is 9.93. The second kappa shape index (κ2) is 5.42. The van der Waals surface area contributed by atoms with Crippen molar-refractivity contribution in [1.82, 2.24) is 0 Å². The van der Waals surface area contributed by atoms with E-state index in [0.717, 1.165) is 12.5 Å². The molecule has 0 aromatic rings. The Labute approximate surface area is 88.6 Å². The molecule has 0 heterocycles. The van der Waals surface area contributed by atoms with Gasteiger partial charge < -0.3 is 4.18 Å². The van der Waals surface area contributed by atoms with Crippen molar-refractivity contribution in [3.05, 3.63) is 0 Å². The molecular weight excluding hydrogens is 248 g/mol. The minimum absolute atomic E-state index is 0.0709. The maximum absolute atomic E-state index is 10.8. The predicted molar refractivity (Wildman–Crippen MR) is 51.0 cm³/mol. The van der Waals surface area contributed by atoms with E-state index in [2.05, 4.69) is 8.37 Å². The van der Waals surface area contributed by atoms with Crippen LogP contribution in [0.4, 0.5) is 0 Å². The standard InChI is InChI=1S/C6H12O7S2/c1-14(8,9)12-5-3-4-6(7)13-15(2,10)11/h3-5H2,1-2H3. The van der Waals surface area contributed by atoms with Crippen LogP contribution in [0.25, 0.3) is 0 Å². The van der Waals surface area contributed by atoms with E-state index < -0.39 is 26.2 Å². The second-order valence-corrected chi connectivity index (χ2v) is 6.01. The first-order valence-corrected chi connectivity index (χ1v) is 7.50. The van der Waals surface area contributed by atoms with Crippen LogP contribution >= 0.6 is 0 Å². The van der Waals surface area contributed by atoms with E-state index in [9.17, 15) is 21.6 Å².